The Kier molecular flexibility index (Phi) is 5.00. The minimum atomic E-state index is -0.573. The highest BCUT2D eigenvalue weighted by molar-refractivity contribution is 5.21. The van der Waals surface area contributed by atoms with Crippen molar-refractivity contribution in [2.24, 2.45) is 5.92 Å². The number of hydrogen-bond donors (Lipinski definition) is 1. The van der Waals surface area contributed by atoms with Crippen LogP contribution in [0.15, 0.2) is 24.3 Å². The first kappa shape index (κ1) is 15.3. The van der Waals surface area contributed by atoms with Gasteiger partial charge in [0, 0.05) is 6.54 Å². The molecule has 1 N–H and O–H groups in total. The van der Waals surface area contributed by atoms with E-state index in [-0.39, 0.29) is 5.82 Å². The van der Waals surface area contributed by atoms with E-state index in [9.17, 15) is 9.50 Å². The van der Waals surface area contributed by atoms with E-state index >= 15 is 0 Å². The maximum Gasteiger partial charge on any atom is 0.123 e. The summed E-state index contributed by atoms with van der Waals surface area (Å²) in [6, 6.07) is 6.11. The molecule has 1 aliphatic rings. The van der Waals surface area contributed by atoms with Gasteiger partial charge in [-0.3, -0.25) is 4.90 Å². The molecule has 0 unspecified atom stereocenters. The molecule has 1 aliphatic heterocycles. The van der Waals surface area contributed by atoms with Crippen LogP contribution in [0.25, 0.3) is 0 Å². The van der Waals surface area contributed by atoms with Crippen molar-refractivity contribution in [3.05, 3.63) is 30.1 Å². The molecule has 0 aromatic heterocycles. The molecule has 0 saturated carbocycles. The summed E-state index contributed by atoms with van der Waals surface area (Å²) >= 11 is 0. The van der Waals surface area contributed by atoms with Crippen LogP contribution in [0.5, 0.6) is 5.75 Å². The molecule has 3 nitrogen and oxygen atoms in total. The van der Waals surface area contributed by atoms with E-state index in [4.69, 9.17) is 4.74 Å². The second kappa shape index (κ2) is 6.55. The molecule has 0 aliphatic carbocycles. The predicted molar refractivity (Wildman–Crippen MR) is 77.4 cm³/mol. The number of hydrogen-bond acceptors (Lipinski definition) is 3. The van der Waals surface area contributed by atoms with E-state index < -0.39 is 5.60 Å². The van der Waals surface area contributed by atoms with Crippen LogP contribution in [-0.4, -0.2) is 41.8 Å². The third-order valence-corrected chi connectivity index (χ3v) is 4.08. The van der Waals surface area contributed by atoms with Gasteiger partial charge in [0.2, 0.25) is 0 Å². The summed E-state index contributed by atoms with van der Waals surface area (Å²) in [7, 11) is 0. The van der Waals surface area contributed by atoms with Gasteiger partial charge in [-0.25, -0.2) is 4.39 Å². The summed E-state index contributed by atoms with van der Waals surface area (Å²) in [4.78, 5) is 2.35. The molecule has 0 bridgehead atoms. The van der Waals surface area contributed by atoms with Gasteiger partial charge in [0.1, 0.15) is 18.2 Å². The van der Waals surface area contributed by atoms with Crippen LogP contribution in [0.4, 0.5) is 4.39 Å². The summed E-state index contributed by atoms with van der Waals surface area (Å²) in [5.74, 6) is 0.848. The summed E-state index contributed by atoms with van der Waals surface area (Å²) in [5.41, 5.74) is -0.573. The Balaban J connectivity index is 1.67. The van der Waals surface area contributed by atoms with Crippen LogP contribution in [0.3, 0.4) is 0 Å². The first-order valence-corrected chi connectivity index (χ1v) is 7.28. The van der Waals surface area contributed by atoms with Crippen molar-refractivity contribution in [3.8, 4) is 5.75 Å². The lowest BCUT2D eigenvalue weighted by atomic mass is 9.83. The average Bonchev–Trinajstić information content (AvgIpc) is 2.41. The van der Waals surface area contributed by atoms with Gasteiger partial charge in [-0.2, -0.15) is 0 Å². The largest absolute Gasteiger partial charge is 0.492 e. The van der Waals surface area contributed by atoms with Crippen molar-refractivity contribution >= 4 is 0 Å². The zero-order valence-electron chi connectivity index (χ0n) is 12.3. The molecular weight excluding hydrogens is 257 g/mol. The number of aliphatic hydroxyl groups is 1. The summed E-state index contributed by atoms with van der Waals surface area (Å²) in [6.45, 7) is 7.27. The molecule has 0 amide bonds. The Morgan fingerprint density at radius 3 is 2.40 bits per heavy atom. The smallest absolute Gasteiger partial charge is 0.123 e. The van der Waals surface area contributed by atoms with E-state index in [1.807, 2.05) is 13.8 Å². The number of benzene rings is 1. The number of likely N-dealkylation sites (tertiary alicyclic amines) is 1. The molecule has 1 fully saturated rings. The van der Waals surface area contributed by atoms with Crippen molar-refractivity contribution < 1.29 is 14.2 Å². The molecule has 2 rings (SSSR count). The third-order valence-electron chi connectivity index (χ3n) is 4.08. The molecule has 1 heterocycles. The van der Waals surface area contributed by atoms with E-state index in [0.29, 0.717) is 18.3 Å². The van der Waals surface area contributed by atoms with Gasteiger partial charge in [-0.1, -0.05) is 0 Å². The normalized spacial score (nSPS) is 18.2. The van der Waals surface area contributed by atoms with Crippen LogP contribution in [0.1, 0.15) is 26.7 Å². The van der Waals surface area contributed by atoms with E-state index in [1.54, 1.807) is 12.1 Å². The van der Waals surface area contributed by atoms with Crippen LogP contribution < -0.4 is 4.74 Å². The Bertz CT molecular complexity index is 405. The minimum Gasteiger partial charge on any atom is -0.492 e. The number of halogens is 1. The Labute approximate surface area is 120 Å². The fourth-order valence-corrected chi connectivity index (χ4v) is 2.69. The summed E-state index contributed by atoms with van der Waals surface area (Å²) < 4.78 is 18.3. The van der Waals surface area contributed by atoms with Gasteiger partial charge >= 0.3 is 0 Å². The maximum absolute atomic E-state index is 12.7. The lowest BCUT2D eigenvalue weighted by Crippen LogP contribution is -2.43. The van der Waals surface area contributed by atoms with Crippen molar-refractivity contribution in [1.82, 2.24) is 4.90 Å². The first-order valence-electron chi connectivity index (χ1n) is 7.28. The van der Waals surface area contributed by atoms with Crippen LogP contribution >= 0.6 is 0 Å². The van der Waals surface area contributed by atoms with Gasteiger partial charge in [-0.05, 0) is 70.0 Å². The molecule has 1 aromatic carbocycles. The van der Waals surface area contributed by atoms with Crippen molar-refractivity contribution in [3.63, 3.8) is 0 Å². The summed E-state index contributed by atoms with van der Waals surface area (Å²) in [5, 5.41) is 10.0. The second-order valence-corrected chi connectivity index (χ2v) is 6.07. The fraction of sp³-hybridized carbons (Fsp3) is 0.625. The number of ether oxygens (including phenoxy) is 1. The molecule has 112 valence electrons. The van der Waals surface area contributed by atoms with Gasteiger partial charge in [0.05, 0.1) is 5.60 Å². The van der Waals surface area contributed by atoms with Crippen molar-refractivity contribution in [2.75, 3.05) is 26.2 Å². The number of nitrogens with zero attached hydrogens (tertiary/aromatic N) is 1. The van der Waals surface area contributed by atoms with Crippen molar-refractivity contribution in [2.45, 2.75) is 32.3 Å². The highest BCUT2D eigenvalue weighted by Crippen LogP contribution is 2.27. The molecule has 1 aromatic rings. The Hall–Kier alpha value is -1.13. The Morgan fingerprint density at radius 2 is 1.85 bits per heavy atom. The molecule has 1 saturated heterocycles. The monoisotopic (exact) mass is 281 g/mol. The zero-order valence-corrected chi connectivity index (χ0v) is 12.3. The lowest BCUT2D eigenvalue weighted by molar-refractivity contribution is -0.0137. The topological polar surface area (TPSA) is 32.7 Å². The minimum absolute atomic E-state index is 0.244. The van der Waals surface area contributed by atoms with Gasteiger partial charge in [0.25, 0.3) is 0 Å². The van der Waals surface area contributed by atoms with Crippen LogP contribution in [0.2, 0.25) is 0 Å². The van der Waals surface area contributed by atoms with E-state index in [0.717, 1.165) is 32.5 Å². The second-order valence-electron chi connectivity index (χ2n) is 6.07. The van der Waals surface area contributed by atoms with E-state index in [1.165, 1.54) is 12.1 Å². The fourth-order valence-electron chi connectivity index (χ4n) is 2.69. The quantitative estimate of drug-likeness (QED) is 0.900. The number of piperidine rings is 1. The molecule has 0 atom stereocenters. The average molecular weight is 281 g/mol. The SMILES string of the molecule is CC(C)(O)C1CCN(CCOc2ccc(F)cc2)CC1. The highest BCUT2D eigenvalue weighted by Gasteiger charge is 2.30. The van der Waals surface area contributed by atoms with Gasteiger partial charge < -0.3 is 9.84 Å². The highest BCUT2D eigenvalue weighted by atomic mass is 19.1. The van der Waals surface area contributed by atoms with Gasteiger partial charge in [-0.15, -0.1) is 0 Å². The summed E-state index contributed by atoms with van der Waals surface area (Å²) in [6.07, 6.45) is 2.06. The van der Waals surface area contributed by atoms with Crippen molar-refractivity contribution in [1.29, 1.82) is 0 Å². The van der Waals surface area contributed by atoms with E-state index in [2.05, 4.69) is 4.90 Å². The first-order chi connectivity index (χ1) is 9.45. The Morgan fingerprint density at radius 1 is 1.25 bits per heavy atom. The number of rotatable bonds is 5. The third kappa shape index (κ3) is 4.46. The molecule has 4 heteroatoms. The van der Waals surface area contributed by atoms with Crippen LogP contribution in [0, 0.1) is 11.7 Å². The maximum atomic E-state index is 12.7. The molecule has 20 heavy (non-hydrogen) atoms. The molecule has 0 radical (unpaired) electrons. The predicted octanol–water partition coefficient (Wildman–Crippen LogP) is 2.69. The van der Waals surface area contributed by atoms with Gasteiger partial charge in [0.15, 0.2) is 0 Å². The zero-order chi connectivity index (χ0) is 14.6. The molecular formula is C16H24FNO2. The lowest BCUT2D eigenvalue weighted by Gasteiger charge is -2.37. The van der Waals surface area contributed by atoms with Crippen LogP contribution in [-0.2, 0) is 0 Å². The molecule has 0 spiro atoms. The standard InChI is InChI=1S/C16H24FNO2/c1-16(2,19)13-7-9-18(10-8-13)11-12-20-15-5-3-14(17)4-6-15/h3-6,13,19H,7-12H2,1-2H3.